The van der Waals surface area contributed by atoms with Gasteiger partial charge in [0.25, 0.3) is 0 Å². The Kier molecular flexibility index (Phi) is 5.06. The van der Waals surface area contributed by atoms with Crippen LogP contribution in [0.4, 0.5) is 0 Å². The van der Waals surface area contributed by atoms with Gasteiger partial charge >= 0.3 is 0 Å². The van der Waals surface area contributed by atoms with Gasteiger partial charge in [0.1, 0.15) is 6.10 Å². The van der Waals surface area contributed by atoms with Gasteiger partial charge < -0.3 is 19.8 Å². The standard InChI is InChI=1S/C28H35ClN2O3/c1-25-10-12-27(29)15-20-23(32)24(33)21(31(2)3)16-26(20)11-13-28(27,34-26)22(25)9-8-19(25)7-6-18-5-4-14-30-17-18/h4-8,14-15,17,21-24,32-33H,9-13,16H2,1-3H3. The summed E-state index contributed by atoms with van der Waals surface area (Å²) in [5.74, 6) is 0.277. The van der Waals surface area contributed by atoms with E-state index in [1.165, 1.54) is 5.57 Å². The van der Waals surface area contributed by atoms with Crippen LogP contribution < -0.4 is 0 Å². The van der Waals surface area contributed by atoms with Crippen molar-refractivity contribution >= 4 is 17.7 Å². The molecule has 2 saturated carbocycles. The summed E-state index contributed by atoms with van der Waals surface area (Å²) in [7, 11) is 3.93. The molecule has 6 rings (SSSR count). The maximum Gasteiger partial charge on any atom is 0.105 e. The second-order valence-electron chi connectivity index (χ2n) is 11.6. The Hall–Kier alpha value is -1.50. The normalized spacial score (nSPS) is 47.3. The minimum absolute atomic E-state index is 0.0122. The highest BCUT2D eigenvalue weighted by Crippen LogP contribution is 2.71. The second-order valence-corrected chi connectivity index (χ2v) is 12.3. The summed E-state index contributed by atoms with van der Waals surface area (Å²) in [6.45, 7) is 2.38. The molecule has 1 saturated heterocycles. The van der Waals surface area contributed by atoms with Crippen LogP contribution in [0, 0.1) is 11.3 Å². The lowest BCUT2D eigenvalue weighted by Gasteiger charge is -2.61. The Bertz CT molecular complexity index is 1090. The predicted octanol–water partition coefficient (Wildman–Crippen LogP) is 4.10. The van der Waals surface area contributed by atoms with E-state index in [-0.39, 0.29) is 17.4 Å². The monoisotopic (exact) mass is 482 g/mol. The fraction of sp³-hybridized carbons (Fsp3) is 0.607. The Morgan fingerprint density at radius 3 is 2.74 bits per heavy atom. The van der Waals surface area contributed by atoms with Crippen molar-refractivity contribution in [2.24, 2.45) is 11.3 Å². The van der Waals surface area contributed by atoms with E-state index >= 15 is 0 Å². The molecule has 2 N–H and O–H groups in total. The molecule has 3 heterocycles. The number of aliphatic hydroxyl groups is 2. The first-order valence-corrected chi connectivity index (χ1v) is 13.0. The van der Waals surface area contributed by atoms with Gasteiger partial charge in [-0.05, 0) is 80.8 Å². The quantitative estimate of drug-likeness (QED) is 0.501. The van der Waals surface area contributed by atoms with Crippen molar-refractivity contribution < 1.29 is 14.9 Å². The van der Waals surface area contributed by atoms with Gasteiger partial charge in [0.2, 0.25) is 0 Å². The third kappa shape index (κ3) is 2.91. The molecule has 0 aromatic carbocycles. The number of hydrogen-bond acceptors (Lipinski definition) is 5. The average Bonchev–Trinajstić information content (AvgIpc) is 3.34. The molecule has 5 aliphatic rings. The van der Waals surface area contributed by atoms with Crippen molar-refractivity contribution in [1.82, 2.24) is 9.88 Å². The number of allylic oxidation sites excluding steroid dienone is 3. The molecule has 2 spiro atoms. The molecule has 8 atom stereocenters. The van der Waals surface area contributed by atoms with Crippen LogP contribution in [0.5, 0.6) is 0 Å². The van der Waals surface area contributed by atoms with E-state index < -0.39 is 28.3 Å². The first kappa shape index (κ1) is 22.9. The van der Waals surface area contributed by atoms with Crippen molar-refractivity contribution in [3.8, 4) is 0 Å². The molecule has 2 bridgehead atoms. The third-order valence-corrected chi connectivity index (χ3v) is 10.5. The second kappa shape index (κ2) is 7.50. The van der Waals surface area contributed by atoms with Crippen LogP contribution in [-0.2, 0) is 4.74 Å². The first-order valence-electron chi connectivity index (χ1n) is 12.6. The lowest BCUT2D eigenvalue weighted by molar-refractivity contribution is -0.201. The van der Waals surface area contributed by atoms with Crippen LogP contribution in [-0.4, -0.2) is 68.5 Å². The lowest BCUT2D eigenvalue weighted by atomic mass is 9.54. The topological polar surface area (TPSA) is 65.8 Å². The van der Waals surface area contributed by atoms with Crippen LogP contribution in [0.25, 0.3) is 6.08 Å². The molecule has 182 valence electrons. The maximum absolute atomic E-state index is 11.2. The van der Waals surface area contributed by atoms with Crippen molar-refractivity contribution in [1.29, 1.82) is 0 Å². The zero-order valence-electron chi connectivity index (χ0n) is 20.2. The Morgan fingerprint density at radius 2 is 2.00 bits per heavy atom. The third-order valence-electron chi connectivity index (χ3n) is 9.84. The number of aliphatic hydroxyl groups excluding tert-OH is 2. The molecule has 1 aromatic heterocycles. The molecule has 0 radical (unpaired) electrons. The van der Waals surface area contributed by atoms with E-state index in [2.05, 4.69) is 42.3 Å². The summed E-state index contributed by atoms with van der Waals surface area (Å²) in [6, 6.07) is 3.88. The van der Waals surface area contributed by atoms with Gasteiger partial charge in [0.15, 0.2) is 0 Å². The van der Waals surface area contributed by atoms with E-state index in [1.807, 2.05) is 31.3 Å². The molecule has 3 fully saturated rings. The van der Waals surface area contributed by atoms with Crippen LogP contribution in [0.1, 0.15) is 51.0 Å². The minimum atomic E-state index is -0.944. The number of aromatic nitrogens is 1. The van der Waals surface area contributed by atoms with Gasteiger partial charge in [-0.25, -0.2) is 0 Å². The minimum Gasteiger partial charge on any atom is -0.388 e. The first-order chi connectivity index (χ1) is 16.1. The lowest BCUT2D eigenvalue weighted by Crippen LogP contribution is -2.68. The molecular formula is C28H35ClN2O3. The van der Waals surface area contributed by atoms with Gasteiger partial charge in [0, 0.05) is 24.4 Å². The Labute approximate surface area is 207 Å². The van der Waals surface area contributed by atoms with E-state index in [0.29, 0.717) is 6.42 Å². The van der Waals surface area contributed by atoms with Crippen LogP contribution >= 0.6 is 11.6 Å². The summed E-state index contributed by atoms with van der Waals surface area (Å²) >= 11 is 7.48. The summed E-state index contributed by atoms with van der Waals surface area (Å²) in [4.78, 5) is 5.59. The van der Waals surface area contributed by atoms with Gasteiger partial charge in [-0.3, -0.25) is 4.98 Å². The highest BCUT2D eigenvalue weighted by Gasteiger charge is 2.73. The largest absolute Gasteiger partial charge is 0.388 e. The van der Waals surface area contributed by atoms with Gasteiger partial charge in [-0.15, -0.1) is 11.6 Å². The SMILES string of the molecule is CN(C)C1CC23CCC4(O2)C2CC=C(C=Cc5cccnc5)C2(C)CCC4(Cl)C=C3C(O)C1O. The number of hydrogen-bond donors (Lipinski definition) is 2. The van der Waals surface area contributed by atoms with Crippen LogP contribution in [0.2, 0.25) is 0 Å². The Morgan fingerprint density at radius 1 is 1.18 bits per heavy atom. The number of fused-ring (bicyclic) bond motifs is 1. The van der Waals surface area contributed by atoms with Crippen molar-refractivity contribution in [2.75, 3.05) is 14.1 Å². The fourth-order valence-electron chi connectivity index (χ4n) is 7.93. The highest BCUT2D eigenvalue weighted by molar-refractivity contribution is 6.26. The number of pyridine rings is 1. The number of ether oxygens (including phenoxy) is 1. The van der Waals surface area contributed by atoms with Gasteiger partial charge in [-0.1, -0.05) is 37.3 Å². The van der Waals surface area contributed by atoms with Crippen molar-refractivity contribution in [2.45, 2.75) is 79.8 Å². The average molecular weight is 483 g/mol. The predicted molar refractivity (Wildman–Crippen MR) is 133 cm³/mol. The molecule has 5 nitrogen and oxygen atoms in total. The van der Waals surface area contributed by atoms with Crippen molar-refractivity contribution in [3.63, 3.8) is 0 Å². The summed E-state index contributed by atoms with van der Waals surface area (Å²) < 4.78 is 7.21. The molecular weight excluding hydrogens is 448 g/mol. The zero-order valence-corrected chi connectivity index (χ0v) is 21.0. The van der Waals surface area contributed by atoms with Crippen LogP contribution in [0.15, 0.2) is 53.9 Å². The smallest absolute Gasteiger partial charge is 0.105 e. The number of rotatable bonds is 3. The number of likely N-dealkylation sites (N-methyl/N-ethyl adjacent to an activating group) is 1. The molecule has 6 heteroatoms. The molecule has 3 aliphatic carbocycles. The Balaban J connectivity index is 1.37. The number of alkyl halides is 1. The maximum atomic E-state index is 11.2. The van der Waals surface area contributed by atoms with Crippen LogP contribution in [0.3, 0.4) is 0 Å². The van der Waals surface area contributed by atoms with Gasteiger partial charge in [-0.2, -0.15) is 0 Å². The van der Waals surface area contributed by atoms with Crippen molar-refractivity contribution in [3.05, 3.63) is 59.5 Å². The molecule has 0 amide bonds. The summed E-state index contributed by atoms with van der Waals surface area (Å²) in [6.07, 6.45) is 15.9. The van der Waals surface area contributed by atoms with E-state index in [9.17, 15) is 10.2 Å². The molecule has 8 unspecified atom stereocenters. The van der Waals surface area contributed by atoms with E-state index in [1.54, 1.807) is 6.20 Å². The molecule has 34 heavy (non-hydrogen) atoms. The number of halogens is 1. The summed E-state index contributed by atoms with van der Waals surface area (Å²) in [5, 5.41) is 22.0. The van der Waals surface area contributed by atoms with E-state index in [0.717, 1.165) is 43.2 Å². The zero-order chi connectivity index (χ0) is 23.9. The molecule has 2 aliphatic heterocycles. The summed E-state index contributed by atoms with van der Waals surface area (Å²) in [5.41, 5.74) is 2.25. The van der Waals surface area contributed by atoms with Gasteiger partial charge in [0.05, 0.1) is 22.2 Å². The number of nitrogens with zero attached hydrogens (tertiary/aromatic N) is 2. The van der Waals surface area contributed by atoms with E-state index in [4.69, 9.17) is 16.3 Å². The highest BCUT2D eigenvalue weighted by atomic mass is 35.5. The molecule has 1 aromatic rings. The fourth-order valence-corrected chi connectivity index (χ4v) is 8.41.